The molecule has 0 radical (unpaired) electrons. The molecule has 17 heavy (non-hydrogen) atoms. The summed E-state index contributed by atoms with van der Waals surface area (Å²) in [6.45, 7) is 7.35. The Morgan fingerprint density at radius 2 is 2.24 bits per heavy atom. The largest absolute Gasteiger partial charge is 0.392 e. The number of aryl methyl sites for hydroxylation is 1. The number of aliphatic hydroxyl groups is 1. The Balaban J connectivity index is 2.44. The molecule has 3 nitrogen and oxygen atoms in total. The molecule has 0 fully saturated rings. The fourth-order valence-corrected chi connectivity index (χ4v) is 2.76. The topological polar surface area (TPSA) is 32.7 Å². The van der Waals surface area contributed by atoms with Gasteiger partial charge in [0.2, 0.25) is 0 Å². The molecule has 0 aliphatic rings. The number of ether oxygens (including phenoxy) is 1. The van der Waals surface area contributed by atoms with Crippen LogP contribution in [-0.2, 0) is 11.3 Å². The van der Waals surface area contributed by atoms with Gasteiger partial charge in [-0.1, -0.05) is 0 Å². The van der Waals surface area contributed by atoms with Crippen LogP contribution < -0.4 is 0 Å². The van der Waals surface area contributed by atoms with Gasteiger partial charge in [-0.3, -0.25) is 4.90 Å². The molecule has 1 atom stereocenters. The molecule has 1 N–H and O–H groups in total. The van der Waals surface area contributed by atoms with Crippen molar-refractivity contribution in [1.82, 2.24) is 4.90 Å². The van der Waals surface area contributed by atoms with Crippen LogP contribution >= 0.6 is 11.3 Å². The molecule has 1 heterocycles. The van der Waals surface area contributed by atoms with Gasteiger partial charge in [0.05, 0.1) is 6.10 Å². The second-order valence-electron chi connectivity index (χ2n) is 4.44. The molecule has 4 heteroatoms. The summed E-state index contributed by atoms with van der Waals surface area (Å²) in [5.74, 6) is 0. The lowest BCUT2D eigenvalue weighted by Gasteiger charge is -2.22. The first-order valence-electron chi connectivity index (χ1n) is 6.06. The van der Waals surface area contributed by atoms with E-state index in [9.17, 15) is 5.11 Å². The number of nitrogens with zero attached hydrogens (tertiary/aromatic N) is 1. The van der Waals surface area contributed by atoms with Crippen LogP contribution in [0.5, 0.6) is 0 Å². The minimum absolute atomic E-state index is 0.279. The van der Waals surface area contributed by atoms with Gasteiger partial charge in [-0.15, -0.1) is 11.3 Å². The van der Waals surface area contributed by atoms with Gasteiger partial charge in [-0.25, -0.2) is 0 Å². The molecule has 0 aromatic carbocycles. The highest BCUT2D eigenvalue weighted by atomic mass is 32.1. The van der Waals surface area contributed by atoms with E-state index < -0.39 is 0 Å². The maximum absolute atomic E-state index is 9.49. The summed E-state index contributed by atoms with van der Waals surface area (Å²) < 4.78 is 5.06. The predicted molar refractivity (Wildman–Crippen MR) is 72.5 cm³/mol. The fourth-order valence-electron chi connectivity index (χ4n) is 1.83. The normalized spacial score (nSPS) is 13.2. The number of methoxy groups -OCH3 is 1. The Kier molecular flexibility index (Phi) is 6.73. The van der Waals surface area contributed by atoms with Crippen LogP contribution in [0, 0.1) is 6.92 Å². The summed E-state index contributed by atoms with van der Waals surface area (Å²) >= 11 is 1.83. The summed E-state index contributed by atoms with van der Waals surface area (Å²) in [6, 6.07) is 4.32. The van der Waals surface area contributed by atoms with Crippen molar-refractivity contribution in [3.8, 4) is 0 Å². The van der Waals surface area contributed by atoms with Crippen LogP contribution in [0.4, 0.5) is 0 Å². The van der Waals surface area contributed by atoms with Gasteiger partial charge in [0.1, 0.15) is 0 Å². The summed E-state index contributed by atoms with van der Waals surface area (Å²) in [4.78, 5) is 4.99. The second-order valence-corrected chi connectivity index (χ2v) is 5.82. The van der Waals surface area contributed by atoms with Crippen molar-refractivity contribution >= 4 is 11.3 Å². The molecule has 0 saturated carbocycles. The zero-order valence-electron chi connectivity index (χ0n) is 11.0. The zero-order valence-corrected chi connectivity index (χ0v) is 11.8. The Morgan fingerprint density at radius 3 is 2.76 bits per heavy atom. The van der Waals surface area contributed by atoms with Crippen molar-refractivity contribution in [2.75, 3.05) is 26.8 Å². The average molecular weight is 257 g/mol. The van der Waals surface area contributed by atoms with Crippen LogP contribution in [0.25, 0.3) is 0 Å². The molecular formula is C13H23NO2S. The molecule has 1 rings (SSSR count). The molecule has 0 unspecified atom stereocenters. The second kappa shape index (κ2) is 7.82. The van der Waals surface area contributed by atoms with Crippen molar-refractivity contribution in [2.24, 2.45) is 0 Å². The molecule has 0 saturated heterocycles. The number of thiophene rings is 1. The van der Waals surface area contributed by atoms with Gasteiger partial charge >= 0.3 is 0 Å². The van der Waals surface area contributed by atoms with E-state index in [-0.39, 0.29) is 6.10 Å². The summed E-state index contributed by atoms with van der Waals surface area (Å²) in [7, 11) is 1.72. The van der Waals surface area contributed by atoms with Crippen LogP contribution in [0.3, 0.4) is 0 Å². The molecule has 0 bridgehead atoms. The molecule has 0 aliphatic heterocycles. The van der Waals surface area contributed by atoms with E-state index >= 15 is 0 Å². The Morgan fingerprint density at radius 1 is 1.47 bits per heavy atom. The highest BCUT2D eigenvalue weighted by Crippen LogP contribution is 2.17. The highest BCUT2D eigenvalue weighted by molar-refractivity contribution is 7.11. The monoisotopic (exact) mass is 257 g/mol. The Bertz CT molecular complexity index is 312. The van der Waals surface area contributed by atoms with E-state index in [1.165, 1.54) is 9.75 Å². The molecule has 98 valence electrons. The maximum atomic E-state index is 9.49. The number of rotatable bonds is 8. The standard InChI is InChI=1S/C13H23NO2S/c1-11(15)9-14(7-4-8-16-3)10-13-6-5-12(2)17-13/h5-6,11,15H,4,7-10H2,1-3H3/t11-/m1/s1. The van der Waals surface area contributed by atoms with Crippen LogP contribution in [0.15, 0.2) is 12.1 Å². The van der Waals surface area contributed by atoms with Crippen molar-refractivity contribution in [3.05, 3.63) is 21.9 Å². The first kappa shape index (κ1) is 14.6. The van der Waals surface area contributed by atoms with Gasteiger partial charge in [-0.2, -0.15) is 0 Å². The average Bonchev–Trinajstić information content (AvgIpc) is 2.63. The van der Waals surface area contributed by atoms with Gasteiger partial charge in [0.25, 0.3) is 0 Å². The van der Waals surface area contributed by atoms with Crippen LogP contribution in [0.2, 0.25) is 0 Å². The van der Waals surface area contributed by atoms with E-state index in [0.29, 0.717) is 0 Å². The van der Waals surface area contributed by atoms with Gasteiger partial charge in [-0.05, 0) is 32.4 Å². The minimum atomic E-state index is -0.279. The van der Waals surface area contributed by atoms with E-state index in [4.69, 9.17) is 4.74 Å². The zero-order chi connectivity index (χ0) is 12.7. The van der Waals surface area contributed by atoms with E-state index in [2.05, 4.69) is 24.0 Å². The Hall–Kier alpha value is -0.420. The highest BCUT2D eigenvalue weighted by Gasteiger charge is 2.09. The SMILES string of the molecule is COCCCN(Cc1ccc(C)s1)C[C@@H](C)O. The molecule has 1 aromatic heterocycles. The summed E-state index contributed by atoms with van der Waals surface area (Å²) in [5, 5.41) is 9.49. The lowest BCUT2D eigenvalue weighted by molar-refractivity contribution is 0.111. The van der Waals surface area contributed by atoms with Gasteiger partial charge < -0.3 is 9.84 Å². The Labute approximate surface area is 108 Å². The number of hydrogen-bond acceptors (Lipinski definition) is 4. The number of hydrogen-bond donors (Lipinski definition) is 1. The fraction of sp³-hybridized carbons (Fsp3) is 0.692. The first-order valence-corrected chi connectivity index (χ1v) is 6.88. The van der Waals surface area contributed by atoms with E-state index in [1.54, 1.807) is 7.11 Å². The molecule has 0 aliphatic carbocycles. The molecule has 1 aromatic rings. The third-order valence-electron chi connectivity index (χ3n) is 2.52. The first-order chi connectivity index (χ1) is 8.11. The minimum Gasteiger partial charge on any atom is -0.392 e. The van der Waals surface area contributed by atoms with Gasteiger partial charge in [0.15, 0.2) is 0 Å². The maximum Gasteiger partial charge on any atom is 0.0639 e. The van der Waals surface area contributed by atoms with Gasteiger partial charge in [0, 0.05) is 43.1 Å². The summed E-state index contributed by atoms with van der Waals surface area (Å²) in [5.41, 5.74) is 0. The van der Waals surface area contributed by atoms with Crippen LogP contribution in [0.1, 0.15) is 23.1 Å². The van der Waals surface area contributed by atoms with Crippen LogP contribution in [-0.4, -0.2) is 42.9 Å². The lowest BCUT2D eigenvalue weighted by Crippen LogP contribution is -2.31. The number of aliphatic hydroxyl groups excluding tert-OH is 1. The molecular weight excluding hydrogens is 234 g/mol. The lowest BCUT2D eigenvalue weighted by atomic mass is 10.3. The van der Waals surface area contributed by atoms with Crippen molar-refractivity contribution in [1.29, 1.82) is 0 Å². The van der Waals surface area contributed by atoms with E-state index in [0.717, 1.165) is 32.7 Å². The molecule has 0 amide bonds. The van der Waals surface area contributed by atoms with Crippen molar-refractivity contribution in [2.45, 2.75) is 32.9 Å². The third kappa shape index (κ3) is 6.17. The smallest absolute Gasteiger partial charge is 0.0639 e. The molecule has 0 spiro atoms. The quantitative estimate of drug-likeness (QED) is 0.725. The van der Waals surface area contributed by atoms with E-state index in [1.807, 2.05) is 18.3 Å². The van der Waals surface area contributed by atoms with Crippen molar-refractivity contribution in [3.63, 3.8) is 0 Å². The predicted octanol–water partition coefficient (Wildman–Crippen LogP) is 2.28. The summed E-state index contributed by atoms with van der Waals surface area (Å²) in [6.07, 6.45) is 0.728. The van der Waals surface area contributed by atoms with Crippen molar-refractivity contribution < 1.29 is 9.84 Å². The third-order valence-corrected chi connectivity index (χ3v) is 3.51.